The van der Waals surface area contributed by atoms with Crippen molar-refractivity contribution in [3.8, 4) is 0 Å². The number of fused-ring (bicyclic) bond motifs is 1. The molecule has 1 aromatic carbocycles. The molecule has 0 aliphatic heterocycles. The van der Waals surface area contributed by atoms with Gasteiger partial charge in [-0.15, -0.1) is 0 Å². The van der Waals surface area contributed by atoms with E-state index < -0.39 is 0 Å². The predicted octanol–water partition coefficient (Wildman–Crippen LogP) is 2.95. The van der Waals surface area contributed by atoms with Gasteiger partial charge >= 0.3 is 0 Å². The number of anilines is 1. The molecular formula is C11H12N2S. The zero-order chi connectivity index (χ0) is 10.1. The second-order valence-electron chi connectivity index (χ2n) is 3.32. The standard InChI is InChI=1S/C11H12N2S/c1-8(14)13(2)11-7-9-5-3-4-6-10(9)12-11/h3-7,12H,1-2H3. The lowest BCUT2D eigenvalue weighted by molar-refractivity contribution is 1.22. The summed E-state index contributed by atoms with van der Waals surface area (Å²) in [6.45, 7) is 1.92. The Hall–Kier alpha value is -1.35. The quantitative estimate of drug-likeness (QED) is 0.720. The highest BCUT2D eigenvalue weighted by molar-refractivity contribution is 7.80. The summed E-state index contributed by atoms with van der Waals surface area (Å²) in [4.78, 5) is 6.14. The minimum atomic E-state index is 0.858. The van der Waals surface area contributed by atoms with Gasteiger partial charge in [0.15, 0.2) is 0 Å². The minimum Gasteiger partial charge on any atom is -0.341 e. The molecule has 0 fully saturated rings. The van der Waals surface area contributed by atoms with Gasteiger partial charge < -0.3 is 9.88 Å². The molecule has 14 heavy (non-hydrogen) atoms. The molecule has 2 aromatic rings. The molecule has 1 aromatic heterocycles. The summed E-state index contributed by atoms with van der Waals surface area (Å²) < 4.78 is 0. The third-order valence-electron chi connectivity index (χ3n) is 2.35. The van der Waals surface area contributed by atoms with Crippen LogP contribution in [0, 0.1) is 0 Å². The van der Waals surface area contributed by atoms with Crippen molar-refractivity contribution in [2.24, 2.45) is 0 Å². The summed E-state index contributed by atoms with van der Waals surface area (Å²) in [5, 5.41) is 1.21. The van der Waals surface area contributed by atoms with Gasteiger partial charge in [-0.25, -0.2) is 0 Å². The lowest BCUT2D eigenvalue weighted by atomic mass is 10.2. The zero-order valence-electron chi connectivity index (χ0n) is 8.24. The molecule has 0 aliphatic rings. The van der Waals surface area contributed by atoms with Gasteiger partial charge in [0.25, 0.3) is 0 Å². The third kappa shape index (κ3) is 1.51. The summed E-state index contributed by atoms with van der Waals surface area (Å²) in [5.41, 5.74) is 1.14. The summed E-state index contributed by atoms with van der Waals surface area (Å²) >= 11 is 5.11. The van der Waals surface area contributed by atoms with E-state index in [0.717, 1.165) is 16.3 Å². The SMILES string of the molecule is CC(=S)N(C)c1cc2ccccc2[nH]1. The van der Waals surface area contributed by atoms with E-state index in [1.54, 1.807) is 0 Å². The van der Waals surface area contributed by atoms with Crippen LogP contribution in [-0.4, -0.2) is 17.0 Å². The number of thiocarbonyl (C=S) groups is 1. The van der Waals surface area contributed by atoms with Crippen LogP contribution in [0.5, 0.6) is 0 Å². The van der Waals surface area contributed by atoms with Crippen LogP contribution in [0.25, 0.3) is 10.9 Å². The fraction of sp³-hybridized carbons (Fsp3) is 0.182. The second-order valence-corrected chi connectivity index (χ2v) is 3.91. The number of nitrogens with zero attached hydrogens (tertiary/aromatic N) is 1. The largest absolute Gasteiger partial charge is 0.341 e. The highest BCUT2D eigenvalue weighted by atomic mass is 32.1. The number of nitrogens with one attached hydrogen (secondary N) is 1. The molecule has 2 nitrogen and oxygen atoms in total. The monoisotopic (exact) mass is 204 g/mol. The van der Waals surface area contributed by atoms with Gasteiger partial charge in [0.1, 0.15) is 5.82 Å². The summed E-state index contributed by atoms with van der Waals surface area (Å²) in [7, 11) is 1.97. The fourth-order valence-corrected chi connectivity index (χ4v) is 1.51. The molecule has 72 valence electrons. The molecule has 0 saturated heterocycles. The van der Waals surface area contributed by atoms with Crippen molar-refractivity contribution < 1.29 is 0 Å². The van der Waals surface area contributed by atoms with Gasteiger partial charge in [0, 0.05) is 18.0 Å². The van der Waals surface area contributed by atoms with Crippen molar-refractivity contribution in [3.63, 3.8) is 0 Å². The number of benzene rings is 1. The Morgan fingerprint density at radius 1 is 1.36 bits per heavy atom. The maximum absolute atomic E-state index is 5.11. The van der Waals surface area contributed by atoms with E-state index in [-0.39, 0.29) is 0 Å². The van der Waals surface area contributed by atoms with E-state index >= 15 is 0 Å². The van der Waals surface area contributed by atoms with Crippen LogP contribution in [0.3, 0.4) is 0 Å². The molecule has 2 rings (SSSR count). The highest BCUT2D eigenvalue weighted by Gasteiger charge is 2.05. The molecule has 0 radical (unpaired) electrons. The van der Waals surface area contributed by atoms with Crippen LogP contribution in [-0.2, 0) is 0 Å². The first kappa shape index (κ1) is 9.21. The van der Waals surface area contributed by atoms with Gasteiger partial charge in [0.2, 0.25) is 0 Å². The van der Waals surface area contributed by atoms with Gasteiger partial charge in [-0.1, -0.05) is 30.4 Å². The van der Waals surface area contributed by atoms with Crippen molar-refractivity contribution in [1.29, 1.82) is 0 Å². The van der Waals surface area contributed by atoms with Gasteiger partial charge in [-0.05, 0) is 19.1 Å². The van der Waals surface area contributed by atoms with Crippen LogP contribution < -0.4 is 4.90 Å². The summed E-state index contributed by atoms with van der Waals surface area (Å²) in [6, 6.07) is 10.3. The summed E-state index contributed by atoms with van der Waals surface area (Å²) in [6.07, 6.45) is 0. The van der Waals surface area contributed by atoms with E-state index in [1.807, 2.05) is 31.0 Å². The Morgan fingerprint density at radius 3 is 2.71 bits per heavy atom. The van der Waals surface area contributed by atoms with Gasteiger partial charge in [0.05, 0.1) is 4.99 Å². The lowest BCUT2D eigenvalue weighted by Gasteiger charge is -2.14. The number of para-hydroxylation sites is 1. The Morgan fingerprint density at radius 2 is 2.07 bits per heavy atom. The first-order valence-electron chi connectivity index (χ1n) is 4.50. The topological polar surface area (TPSA) is 19.0 Å². The number of hydrogen-bond acceptors (Lipinski definition) is 1. The molecule has 0 atom stereocenters. The number of aromatic amines is 1. The zero-order valence-corrected chi connectivity index (χ0v) is 9.06. The van der Waals surface area contributed by atoms with Crippen LogP contribution in [0.15, 0.2) is 30.3 Å². The second kappa shape index (κ2) is 3.42. The van der Waals surface area contributed by atoms with E-state index in [0.29, 0.717) is 0 Å². The maximum atomic E-state index is 5.11. The fourth-order valence-electron chi connectivity index (χ4n) is 1.41. The Balaban J connectivity index is 2.50. The Kier molecular flexibility index (Phi) is 2.25. The molecular weight excluding hydrogens is 192 g/mol. The molecule has 0 amide bonds. The lowest BCUT2D eigenvalue weighted by Crippen LogP contribution is -2.21. The number of hydrogen-bond donors (Lipinski definition) is 1. The Bertz CT molecular complexity index is 440. The van der Waals surface area contributed by atoms with E-state index in [2.05, 4.69) is 23.2 Å². The first-order valence-corrected chi connectivity index (χ1v) is 4.91. The van der Waals surface area contributed by atoms with Crippen molar-refractivity contribution in [1.82, 2.24) is 4.98 Å². The first-order chi connectivity index (χ1) is 6.68. The van der Waals surface area contributed by atoms with Crippen molar-refractivity contribution in [2.45, 2.75) is 6.92 Å². The molecule has 0 bridgehead atoms. The molecule has 1 N–H and O–H groups in total. The third-order valence-corrected chi connectivity index (χ3v) is 2.62. The van der Waals surface area contributed by atoms with Gasteiger partial charge in [-0.2, -0.15) is 0 Å². The predicted molar refractivity (Wildman–Crippen MR) is 65.0 cm³/mol. The van der Waals surface area contributed by atoms with Crippen molar-refractivity contribution >= 4 is 33.9 Å². The maximum Gasteiger partial charge on any atom is 0.111 e. The molecule has 0 aliphatic carbocycles. The van der Waals surface area contributed by atoms with Crippen molar-refractivity contribution in [3.05, 3.63) is 30.3 Å². The number of H-pyrrole nitrogens is 1. The average molecular weight is 204 g/mol. The normalized spacial score (nSPS) is 10.4. The van der Waals surface area contributed by atoms with Crippen LogP contribution in [0.1, 0.15) is 6.92 Å². The number of aromatic nitrogens is 1. The molecule has 1 heterocycles. The minimum absolute atomic E-state index is 0.858. The molecule has 0 unspecified atom stereocenters. The van der Waals surface area contributed by atoms with E-state index in [4.69, 9.17) is 12.2 Å². The van der Waals surface area contributed by atoms with E-state index in [9.17, 15) is 0 Å². The smallest absolute Gasteiger partial charge is 0.111 e. The summed E-state index contributed by atoms with van der Waals surface area (Å²) in [5.74, 6) is 1.04. The van der Waals surface area contributed by atoms with Crippen molar-refractivity contribution in [2.75, 3.05) is 11.9 Å². The average Bonchev–Trinajstić information content (AvgIpc) is 2.59. The van der Waals surface area contributed by atoms with Crippen LogP contribution >= 0.6 is 12.2 Å². The van der Waals surface area contributed by atoms with Crippen LogP contribution in [0.4, 0.5) is 5.82 Å². The number of rotatable bonds is 1. The molecule has 0 saturated carbocycles. The molecule has 0 spiro atoms. The highest BCUT2D eigenvalue weighted by Crippen LogP contribution is 2.20. The Labute approximate surface area is 88.5 Å². The van der Waals surface area contributed by atoms with Crippen LogP contribution in [0.2, 0.25) is 0 Å². The van der Waals surface area contributed by atoms with Gasteiger partial charge in [-0.3, -0.25) is 0 Å². The van der Waals surface area contributed by atoms with E-state index in [1.165, 1.54) is 5.39 Å². The molecule has 3 heteroatoms.